The molecule has 1 saturated heterocycles. The van der Waals surface area contributed by atoms with Crippen molar-refractivity contribution in [2.45, 2.75) is 26.7 Å². The molecule has 140 valence electrons. The molecule has 0 spiro atoms. The van der Waals surface area contributed by atoms with E-state index in [1.807, 2.05) is 24.8 Å². The van der Waals surface area contributed by atoms with Gasteiger partial charge in [-0.1, -0.05) is 12.7 Å². The van der Waals surface area contributed by atoms with Crippen LogP contribution < -0.4 is 0 Å². The minimum absolute atomic E-state index is 0.0323. The monoisotopic (exact) mass is 367 g/mol. The van der Waals surface area contributed by atoms with Crippen LogP contribution in [0.25, 0.3) is 0 Å². The molecule has 0 bridgehead atoms. The number of ether oxygens (including phenoxy) is 1. The van der Waals surface area contributed by atoms with Gasteiger partial charge in [-0.15, -0.1) is 0 Å². The topological polar surface area (TPSA) is 55.8 Å². The Morgan fingerprint density at radius 3 is 2.48 bits per heavy atom. The summed E-state index contributed by atoms with van der Waals surface area (Å²) in [6, 6.07) is 0. The summed E-state index contributed by atoms with van der Waals surface area (Å²) in [6.07, 6.45) is 7.31. The second kappa shape index (κ2) is 11.2. The third kappa shape index (κ3) is 7.10. The predicted molar refractivity (Wildman–Crippen MR) is 102 cm³/mol. The zero-order chi connectivity index (χ0) is 18.8. The maximum absolute atomic E-state index is 12.6. The lowest BCUT2D eigenvalue weighted by molar-refractivity contribution is -0.128. The number of carbonyl (C=O) groups is 1. The average molecular weight is 368 g/mol. The molecular weight excluding hydrogens is 338 g/mol. The molecule has 0 radical (unpaired) electrons. The number of amides is 1. The van der Waals surface area contributed by atoms with Crippen LogP contribution in [0.15, 0.2) is 46.9 Å². The summed E-state index contributed by atoms with van der Waals surface area (Å²) in [6.45, 7) is 9.94. The van der Waals surface area contributed by atoms with Crippen molar-refractivity contribution in [1.82, 2.24) is 4.90 Å². The van der Waals surface area contributed by atoms with Gasteiger partial charge in [0.1, 0.15) is 0 Å². The van der Waals surface area contributed by atoms with Crippen molar-refractivity contribution in [3.63, 3.8) is 0 Å². The molecular formula is C19H29NO4S. The molecule has 1 aliphatic heterocycles. The largest absolute Gasteiger partial charge is 0.384 e. The minimum atomic E-state index is -1.45. The maximum atomic E-state index is 12.6. The van der Waals surface area contributed by atoms with Crippen molar-refractivity contribution in [3.8, 4) is 0 Å². The van der Waals surface area contributed by atoms with Crippen LogP contribution in [0.1, 0.15) is 26.7 Å². The van der Waals surface area contributed by atoms with E-state index in [4.69, 9.17) is 8.92 Å². The van der Waals surface area contributed by atoms with Gasteiger partial charge in [-0.05, 0) is 55.9 Å². The number of methoxy groups -OCH3 is 1. The van der Waals surface area contributed by atoms with Crippen LogP contribution in [-0.2, 0) is 24.8 Å². The van der Waals surface area contributed by atoms with Gasteiger partial charge >= 0.3 is 0 Å². The van der Waals surface area contributed by atoms with Gasteiger partial charge in [-0.25, -0.2) is 4.21 Å². The number of nitrogens with zero attached hydrogens (tertiary/aromatic N) is 1. The first kappa shape index (κ1) is 21.5. The minimum Gasteiger partial charge on any atom is -0.384 e. The lowest BCUT2D eigenvalue weighted by Gasteiger charge is -2.31. The first-order chi connectivity index (χ1) is 11.9. The van der Waals surface area contributed by atoms with Crippen molar-refractivity contribution in [2.24, 2.45) is 5.92 Å². The Balaban J connectivity index is 2.69. The number of likely N-dealkylation sites (tertiary alicyclic amines) is 1. The number of allylic oxidation sites excluding steroid dienone is 4. The highest BCUT2D eigenvalue weighted by atomic mass is 32.2. The molecule has 0 aliphatic carbocycles. The van der Waals surface area contributed by atoms with E-state index in [2.05, 4.69) is 6.58 Å². The molecule has 1 amide bonds. The van der Waals surface area contributed by atoms with Crippen LogP contribution in [0.5, 0.6) is 0 Å². The highest BCUT2D eigenvalue weighted by Gasteiger charge is 2.23. The van der Waals surface area contributed by atoms with E-state index in [0.717, 1.165) is 43.7 Å². The van der Waals surface area contributed by atoms with E-state index in [-0.39, 0.29) is 5.91 Å². The van der Waals surface area contributed by atoms with Gasteiger partial charge in [0.2, 0.25) is 0 Å². The van der Waals surface area contributed by atoms with E-state index >= 15 is 0 Å². The van der Waals surface area contributed by atoms with Crippen molar-refractivity contribution in [2.75, 3.05) is 33.9 Å². The molecule has 1 atom stereocenters. The third-order valence-corrected chi connectivity index (χ3v) is 4.95. The Bertz CT molecular complexity index is 584. The van der Waals surface area contributed by atoms with Gasteiger partial charge in [0.05, 0.1) is 7.11 Å². The van der Waals surface area contributed by atoms with E-state index in [9.17, 15) is 9.00 Å². The Kier molecular flexibility index (Phi) is 9.63. The highest BCUT2D eigenvalue weighted by molar-refractivity contribution is 7.83. The number of piperidine rings is 1. The average Bonchev–Trinajstić information content (AvgIpc) is 2.62. The van der Waals surface area contributed by atoms with Gasteiger partial charge in [-0.3, -0.25) is 8.98 Å². The van der Waals surface area contributed by atoms with Crippen molar-refractivity contribution >= 4 is 17.0 Å². The summed E-state index contributed by atoms with van der Waals surface area (Å²) < 4.78 is 21.2. The first-order valence-corrected chi connectivity index (χ1v) is 9.52. The van der Waals surface area contributed by atoms with Crippen LogP contribution in [0, 0.1) is 5.92 Å². The molecule has 0 saturated carbocycles. The molecule has 0 N–H and O–H groups in total. The number of rotatable bonds is 8. The lowest BCUT2D eigenvalue weighted by Crippen LogP contribution is -2.39. The van der Waals surface area contributed by atoms with Gasteiger partial charge in [0, 0.05) is 37.8 Å². The molecule has 0 aromatic heterocycles. The normalized spacial score (nSPS) is 18.6. The van der Waals surface area contributed by atoms with Crippen molar-refractivity contribution in [1.29, 1.82) is 0 Å². The summed E-state index contributed by atoms with van der Waals surface area (Å²) in [5.74, 6) is 0.496. The molecule has 1 fully saturated rings. The molecule has 1 rings (SSSR count). The van der Waals surface area contributed by atoms with Gasteiger partial charge in [-0.2, -0.15) is 0 Å². The Labute approximate surface area is 153 Å². The van der Waals surface area contributed by atoms with E-state index in [1.54, 1.807) is 19.3 Å². The zero-order valence-corrected chi connectivity index (χ0v) is 16.4. The third-order valence-electron chi connectivity index (χ3n) is 4.26. The summed E-state index contributed by atoms with van der Waals surface area (Å²) in [7, 11) is 3.09. The van der Waals surface area contributed by atoms with Crippen LogP contribution in [-0.4, -0.2) is 48.9 Å². The standard InChI is InChI=1S/C19H29NO4S/c1-6-18(9-12-25(22)24-5)15(2)13-16(3)19(21)20-10-7-17(8-11-20)14-23-4/h6,9,12-13,17H,3,7-8,10-11,14H2,1-2,4-5H3/b12-9+,15-13-,18-6?. The van der Waals surface area contributed by atoms with E-state index < -0.39 is 11.1 Å². The number of hydrogen-bond donors (Lipinski definition) is 0. The fourth-order valence-electron chi connectivity index (χ4n) is 2.79. The second-order valence-electron chi connectivity index (χ2n) is 6.02. The maximum Gasteiger partial charge on any atom is 0.253 e. The molecule has 1 heterocycles. The summed E-state index contributed by atoms with van der Waals surface area (Å²) in [4.78, 5) is 14.4. The smallest absolute Gasteiger partial charge is 0.253 e. The predicted octanol–water partition coefficient (Wildman–Crippen LogP) is 3.14. The van der Waals surface area contributed by atoms with E-state index in [0.29, 0.717) is 11.5 Å². The number of carbonyl (C=O) groups excluding carboxylic acids is 1. The molecule has 0 aromatic rings. The zero-order valence-electron chi connectivity index (χ0n) is 15.6. The number of hydrogen-bond acceptors (Lipinski definition) is 4. The van der Waals surface area contributed by atoms with Crippen LogP contribution in [0.4, 0.5) is 0 Å². The highest BCUT2D eigenvalue weighted by Crippen LogP contribution is 2.20. The van der Waals surface area contributed by atoms with Gasteiger partial charge in [0.25, 0.3) is 5.91 Å². The summed E-state index contributed by atoms with van der Waals surface area (Å²) >= 11 is -1.45. The quantitative estimate of drug-likeness (QED) is 0.488. The molecule has 5 nitrogen and oxygen atoms in total. The SMILES string of the molecule is C=C(/C=C(/C)C(=CC)/C=C/S(=O)OC)C(=O)N1CCC(COC)CC1. The van der Waals surface area contributed by atoms with Gasteiger partial charge < -0.3 is 9.64 Å². The van der Waals surface area contributed by atoms with Crippen LogP contribution in [0.2, 0.25) is 0 Å². The lowest BCUT2D eigenvalue weighted by atomic mass is 9.97. The van der Waals surface area contributed by atoms with Crippen LogP contribution >= 0.6 is 0 Å². The Hall–Kier alpha value is -1.50. The van der Waals surface area contributed by atoms with Crippen molar-refractivity contribution < 1.29 is 17.9 Å². The molecule has 25 heavy (non-hydrogen) atoms. The fourth-order valence-corrected chi connectivity index (χ4v) is 3.16. The first-order valence-electron chi connectivity index (χ1n) is 8.38. The Morgan fingerprint density at radius 2 is 1.96 bits per heavy atom. The van der Waals surface area contributed by atoms with Crippen LogP contribution in [0.3, 0.4) is 0 Å². The van der Waals surface area contributed by atoms with E-state index in [1.165, 1.54) is 12.5 Å². The fraction of sp³-hybridized carbons (Fsp3) is 0.526. The molecule has 1 aliphatic rings. The Morgan fingerprint density at radius 1 is 1.32 bits per heavy atom. The van der Waals surface area contributed by atoms with Crippen molar-refractivity contribution in [3.05, 3.63) is 46.9 Å². The molecule has 6 heteroatoms. The van der Waals surface area contributed by atoms with Gasteiger partial charge in [0.15, 0.2) is 11.1 Å². The molecule has 1 unspecified atom stereocenters. The summed E-state index contributed by atoms with van der Waals surface area (Å²) in [5, 5.41) is 1.47. The summed E-state index contributed by atoms with van der Waals surface area (Å²) in [5.41, 5.74) is 2.22. The second-order valence-corrected chi connectivity index (χ2v) is 7.14. The molecule has 0 aromatic carbocycles.